The average molecular weight is 251 g/mol. The fourth-order valence-electron chi connectivity index (χ4n) is 1.34. The van der Waals surface area contributed by atoms with Gasteiger partial charge < -0.3 is 5.32 Å². The lowest BCUT2D eigenvalue weighted by atomic mass is 10.3. The van der Waals surface area contributed by atoms with Gasteiger partial charge in [0.2, 0.25) is 0 Å². The molecule has 1 aromatic rings. The van der Waals surface area contributed by atoms with Gasteiger partial charge in [0, 0.05) is 18.7 Å². The predicted octanol–water partition coefficient (Wildman–Crippen LogP) is 2.31. The Morgan fingerprint density at radius 3 is 2.41 bits per heavy atom. The second-order valence-electron chi connectivity index (χ2n) is 3.53. The highest BCUT2D eigenvalue weighted by Gasteiger charge is 2.10. The molecule has 0 atom stereocenters. The molecule has 0 spiro atoms. The lowest BCUT2D eigenvalue weighted by molar-refractivity contribution is 0.597. The first-order valence-electron chi connectivity index (χ1n) is 5.56. The Balaban J connectivity index is 2.64. The van der Waals surface area contributed by atoms with E-state index in [0.29, 0.717) is 4.90 Å². The quantitative estimate of drug-likeness (QED) is 0.645. The monoisotopic (exact) mass is 251 g/mol. The molecule has 0 aliphatic carbocycles. The van der Waals surface area contributed by atoms with Crippen molar-refractivity contribution < 1.29 is 8.42 Å². The van der Waals surface area contributed by atoms with Crippen LogP contribution in [0.5, 0.6) is 0 Å². The van der Waals surface area contributed by atoms with E-state index >= 15 is 0 Å². The van der Waals surface area contributed by atoms with Crippen LogP contribution < -0.4 is 5.32 Å². The zero-order valence-corrected chi connectivity index (χ0v) is 11.0. The van der Waals surface area contributed by atoms with Crippen LogP contribution in [0.3, 0.4) is 0 Å². The summed E-state index contributed by atoms with van der Waals surface area (Å²) in [7, 11) is -3.09. The highest BCUT2D eigenvalue weighted by Crippen LogP contribution is 2.15. The van der Waals surface area contributed by atoms with Gasteiger partial charge in [-0.05, 0) is 31.2 Å². The first-order chi connectivity index (χ1) is 8.10. The van der Waals surface area contributed by atoms with Crippen LogP contribution in [0.2, 0.25) is 0 Å². The smallest absolute Gasteiger partial charge is 0.178 e. The number of sulfone groups is 1. The van der Waals surface area contributed by atoms with Crippen molar-refractivity contribution in [2.45, 2.75) is 25.2 Å². The van der Waals surface area contributed by atoms with Crippen LogP contribution in [0.15, 0.2) is 29.2 Å². The maximum Gasteiger partial charge on any atom is 0.178 e. The normalized spacial score (nSPS) is 10.5. The summed E-state index contributed by atoms with van der Waals surface area (Å²) in [4.78, 5) is 0.374. The van der Waals surface area contributed by atoms with Crippen LogP contribution in [0.25, 0.3) is 0 Å². The van der Waals surface area contributed by atoms with E-state index in [4.69, 9.17) is 0 Å². The molecular weight excluding hydrogens is 234 g/mol. The highest BCUT2D eigenvalue weighted by atomic mass is 32.2. The maximum absolute atomic E-state index is 11.6. The van der Waals surface area contributed by atoms with Crippen molar-refractivity contribution in [1.29, 1.82) is 0 Å². The summed E-state index contributed by atoms with van der Waals surface area (Å²) >= 11 is 0. The lowest BCUT2D eigenvalue weighted by Crippen LogP contribution is -2.04. The van der Waals surface area contributed by atoms with Crippen LogP contribution >= 0.6 is 0 Å². The molecule has 92 valence electrons. The van der Waals surface area contributed by atoms with Gasteiger partial charge in [-0.1, -0.05) is 6.92 Å². The molecule has 1 N–H and O–H groups in total. The van der Waals surface area contributed by atoms with E-state index in [2.05, 4.69) is 17.2 Å². The predicted molar refractivity (Wildman–Crippen MR) is 70.7 cm³/mol. The van der Waals surface area contributed by atoms with E-state index in [9.17, 15) is 8.42 Å². The topological polar surface area (TPSA) is 46.2 Å². The lowest BCUT2D eigenvalue weighted by Gasteiger charge is -2.05. The van der Waals surface area contributed by atoms with Crippen molar-refractivity contribution >= 4 is 15.5 Å². The molecular formula is C13H17NO2S. The molecule has 0 aliphatic heterocycles. The Bertz CT molecular complexity index is 507. The van der Waals surface area contributed by atoms with Gasteiger partial charge in [0.05, 0.1) is 10.6 Å². The van der Waals surface area contributed by atoms with E-state index in [1.165, 1.54) is 0 Å². The molecule has 1 rings (SSSR count). The summed E-state index contributed by atoms with van der Waals surface area (Å²) in [6.07, 6.45) is 0.783. The molecule has 0 bridgehead atoms. The largest absolute Gasteiger partial charge is 0.384 e. The van der Waals surface area contributed by atoms with Gasteiger partial charge in [-0.15, -0.1) is 11.8 Å². The number of benzene rings is 1. The molecule has 4 heteroatoms. The number of anilines is 1. The summed E-state index contributed by atoms with van der Waals surface area (Å²) in [6.45, 7) is 4.22. The fraction of sp³-hybridized carbons (Fsp3) is 0.385. The van der Waals surface area contributed by atoms with Crippen molar-refractivity contribution in [3.05, 3.63) is 24.3 Å². The van der Waals surface area contributed by atoms with Crippen molar-refractivity contribution in [3.8, 4) is 11.8 Å². The van der Waals surface area contributed by atoms with Crippen molar-refractivity contribution in [2.75, 3.05) is 17.6 Å². The molecule has 0 fully saturated rings. The number of rotatable bonds is 5. The van der Waals surface area contributed by atoms with Gasteiger partial charge in [-0.25, -0.2) is 8.42 Å². The molecule has 17 heavy (non-hydrogen) atoms. The third-order valence-corrected chi connectivity index (χ3v) is 4.10. The van der Waals surface area contributed by atoms with Crippen LogP contribution in [0.4, 0.5) is 5.69 Å². The van der Waals surface area contributed by atoms with Gasteiger partial charge in [0.1, 0.15) is 0 Å². The van der Waals surface area contributed by atoms with Crippen molar-refractivity contribution in [2.24, 2.45) is 0 Å². The van der Waals surface area contributed by atoms with E-state index in [1.807, 2.05) is 6.92 Å². The molecule has 0 saturated carbocycles. The molecule has 0 aromatic heterocycles. The molecule has 1 aromatic carbocycles. The van der Waals surface area contributed by atoms with Crippen LogP contribution in [-0.4, -0.2) is 20.7 Å². The summed E-state index contributed by atoms with van der Waals surface area (Å²) in [5.74, 6) is 5.91. The Morgan fingerprint density at radius 2 is 1.88 bits per heavy atom. The van der Waals surface area contributed by atoms with Crippen molar-refractivity contribution in [1.82, 2.24) is 0 Å². The van der Waals surface area contributed by atoms with Gasteiger partial charge in [-0.3, -0.25) is 0 Å². The first-order valence-corrected chi connectivity index (χ1v) is 7.21. The minimum Gasteiger partial charge on any atom is -0.384 e. The zero-order chi connectivity index (χ0) is 12.7. The minimum absolute atomic E-state index is 0.131. The second kappa shape index (κ2) is 6.31. The van der Waals surface area contributed by atoms with E-state index < -0.39 is 9.84 Å². The Kier molecular flexibility index (Phi) is 5.05. The molecule has 0 aliphatic rings. The van der Waals surface area contributed by atoms with Gasteiger partial charge in [-0.2, -0.15) is 0 Å². The van der Waals surface area contributed by atoms with Crippen LogP contribution in [0, 0.1) is 11.8 Å². The van der Waals surface area contributed by atoms with Gasteiger partial charge in [0.15, 0.2) is 9.84 Å². The van der Waals surface area contributed by atoms with E-state index in [0.717, 1.165) is 18.7 Å². The molecule has 0 unspecified atom stereocenters. The SMILES string of the molecule is CC#CCCNc1ccc(S(=O)(=O)CC)cc1. The summed E-state index contributed by atoms with van der Waals surface area (Å²) < 4.78 is 23.1. The van der Waals surface area contributed by atoms with Crippen LogP contribution in [-0.2, 0) is 9.84 Å². The highest BCUT2D eigenvalue weighted by molar-refractivity contribution is 7.91. The summed E-state index contributed by atoms with van der Waals surface area (Å²) in [5.41, 5.74) is 0.915. The number of nitrogens with one attached hydrogen (secondary N) is 1. The number of hydrogen-bond donors (Lipinski definition) is 1. The standard InChI is InChI=1S/C13H17NO2S/c1-3-5-6-11-14-12-7-9-13(10-8-12)17(15,16)4-2/h7-10,14H,4,6,11H2,1-2H3. The summed E-state index contributed by atoms with van der Waals surface area (Å²) in [6, 6.07) is 6.82. The Labute approximate surface area is 103 Å². The van der Waals surface area contributed by atoms with Gasteiger partial charge >= 0.3 is 0 Å². The third-order valence-electron chi connectivity index (χ3n) is 2.35. The Morgan fingerprint density at radius 1 is 1.24 bits per heavy atom. The van der Waals surface area contributed by atoms with Crippen LogP contribution in [0.1, 0.15) is 20.3 Å². The zero-order valence-electron chi connectivity index (χ0n) is 10.2. The molecule has 0 heterocycles. The van der Waals surface area contributed by atoms with Gasteiger partial charge in [0.25, 0.3) is 0 Å². The molecule has 0 amide bonds. The van der Waals surface area contributed by atoms with E-state index in [-0.39, 0.29) is 5.75 Å². The molecule has 0 saturated heterocycles. The molecule has 3 nitrogen and oxygen atoms in total. The summed E-state index contributed by atoms with van der Waals surface area (Å²) in [5, 5.41) is 3.18. The van der Waals surface area contributed by atoms with Crippen molar-refractivity contribution in [3.63, 3.8) is 0 Å². The average Bonchev–Trinajstić information content (AvgIpc) is 2.35. The van der Waals surface area contributed by atoms with E-state index in [1.54, 1.807) is 31.2 Å². The molecule has 0 radical (unpaired) electrons. The third kappa shape index (κ3) is 4.12. The second-order valence-corrected chi connectivity index (χ2v) is 5.81. The first kappa shape index (κ1) is 13.6. The Hall–Kier alpha value is -1.47. The number of hydrogen-bond acceptors (Lipinski definition) is 3. The fourth-order valence-corrected chi connectivity index (χ4v) is 2.23. The maximum atomic E-state index is 11.6. The minimum atomic E-state index is -3.09.